The number of carbonyl (C=O) groups excluding carboxylic acids is 1. The van der Waals surface area contributed by atoms with Crippen LogP contribution in [0.5, 0.6) is 0 Å². The van der Waals surface area contributed by atoms with Gasteiger partial charge in [0.1, 0.15) is 0 Å². The van der Waals surface area contributed by atoms with Gasteiger partial charge in [-0.3, -0.25) is 4.79 Å². The largest absolute Gasteiger partial charge is 0.317 e. The summed E-state index contributed by atoms with van der Waals surface area (Å²) in [6, 6.07) is 11.4. The Labute approximate surface area is 157 Å². The molecule has 1 amide bonds. The molecule has 2 aliphatic heterocycles. The van der Waals surface area contributed by atoms with Crippen LogP contribution in [0.2, 0.25) is 0 Å². The molecule has 2 aromatic carbocycles. The van der Waals surface area contributed by atoms with Crippen LogP contribution in [0.4, 0.5) is 14.5 Å². The minimum atomic E-state index is -1.09. The molecule has 140 valence electrons. The van der Waals surface area contributed by atoms with E-state index in [1.807, 2.05) is 24.3 Å². The van der Waals surface area contributed by atoms with Crippen LogP contribution in [-0.2, 0) is 5.41 Å². The number of hydrogen-bond donors (Lipinski definition) is 1. The summed E-state index contributed by atoms with van der Waals surface area (Å²) < 4.78 is 28.1. The Morgan fingerprint density at radius 3 is 2.67 bits per heavy atom. The summed E-state index contributed by atoms with van der Waals surface area (Å²) in [6.45, 7) is 5.59. The number of piperidine rings is 1. The molecule has 0 saturated carbocycles. The highest BCUT2D eigenvalue weighted by Gasteiger charge is 2.52. The van der Waals surface area contributed by atoms with Gasteiger partial charge in [-0.1, -0.05) is 30.3 Å². The number of rotatable bonds is 3. The fourth-order valence-corrected chi connectivity index (χ4v) is 4.71. The maximum Gasteiger partial charge on any atom is 0.261 e. The van der Waals surface area contributed by atoms with E-state index in [4.69, 9.17) is 0 Å². The number of benzene rings is 2. The Balaban J connectivity index is 1.87. The molecule has 1 spiro atoms. The number of nitrogens with one attached hydrogen (secondary N) is 1. The lowest BCUT2D eigenvalue weighted by molar-refractivity contribution is 0.0959. The van der Waals surface area contributed by atoms with Crippen LogP contribution < -0.4 is 10.2 Å². The summed E-state index contributed by atoms with van der Waals surface area (Å²) in [6.07, 6.45) is 4.18. The van der Waals surface area contributed by atoms with Crippen molar-refractivity contribution in [3.8, 4) is 0 Å². The maximum atomic E-state index is 14.4. The third-order valence-corrected chi connectivity index (χ3v) is 5.94. The SMILES string of the molecule is C=CC[C@H]1N(C(=O)c2cccc(F)c2F)c2ccccc2C12CCNCC2. The van der Waals surface area contributed by atoms with Gasteiger partial charge in [-0.15, -0.1) is 6.58 Å². The summed E-state index contributed by atoms with van der Waals surface area (Å²) in [5, 5.41) is 3.38. The second-order valence-corrected chi connectivity index (χ2v) is 7.24. The van der Waals surface area contributed by atoms with E-state index in [-0.39, 0.29) is 17.0 Å². The third-order valence-electron chi connectivity index (χ3n) is 5.94. The molecule has 3 nitrogen and oxygen atoms in total. The van der Waals surface area contributed by atoms with E-state index in [9.17, 15) is 13.6 Å². The summed E-state index contributed by atoms with van der Waals surface area (Å²) in [7, 11) is 0. The first-order valence-electron chi connectivity index (χ1n) is 9.29. The van der Waals surface area contributed by atoms with Crippen LogP contribution in [0.25, 0.3) is 0 Å². The first-order chi connectivity index (χ1) is 13.1. The molecule has 2 aliphatic rings. The van der Waals surface area contributed by atoms with E-state index >= 15 is 0 Å². The van der Waals surface area contributed by atoms with E-state index in [0.29, 0.717) is 6.42 Å². The van der Waals surface area contributed by atoms with Crippen LogP contribution in [0.15, 0.2) is 55.1 Å². The molecule has 27 heavy (non-hydrogen) atoms. The average molecular weight is 368 g/mol. The van der Waals surface area contributed by atoms with Gasteiger partial charge in [-0.25, -0.2) is 8.78 Å². The molecule has 0 bridgehead atoms. The van der Waals surface area contributed by atoms with Crippen molar-refractivity contribution in [2.45, 2.75) is 30.7 Å². The fourth-order valence-electron chi connectivity index (χ4n) is 4.71. The van der Waals surface area contributed by atoms with Crippen molar-refractivity contribution in [3.05, 3.63) is 77.9 Å². The fraction of sp³-hybridized carbons (Fsp3) is 0.318. The Morgan fingerprint density at radius 1 is 1.19 bits per heavy atom. The number of hydrogen-bond acceptors (Lipinski definition) is 2. The Morgan fingerprint density at radius 2 is 1.93 bits per heavy atom. The van der Waals surface area contributed by atoms with Gasteiger partial charge in [0.2, 0.25) is 0 Å². The minimum Gasteiger partial charge on any atom is -0.317 e. The van der Waals surface area contributed by atoms with E-state index < -0.39 is 17.5 Å². The van der Waals surface area contributed by atoms with Crippen molar-refractivity contribution in [3.63, 3.8) is 0 Å². The summed E-state index contributed by atoms with van der Waals surface area (Å²) in [5.74, 6) is -2.60. The molecule has 0 unspecified atom stereocenters. The van der Waals surface area contributed by atoms with Gasteiger partial charge in [-0.05, 0) is 56.1 Å². The lowest BCUT2D eigenvalue weighted by Crippen LogP contribution is -2.52. The van der Waals surface area contributed by atoms with Gasteiger partial charge < -0.3 is 10.2 Å². The molecular weight excluding hydrogens is 346 g/mol. The standard InChI is InChI=1S/C22H22F2N2O/c1-2-6-19-22(11-13-25-14-12-22)16-8-3-4-10-18(16)26(19)21(27)15-7-5-9-17(23)20(15)24/h2-5,7-10,19,25H,1,6,11-14H2/t19-/m1/s1. The lowest BCUT2D eigenvalue weighted by Gasteiger charge is -2.41. The zero-order valence-corrected chi connectivity index (χ0v) is 15.1. The molecule has 1 saturated heterocycles. The quantitative estimate of drug-likeness (QED) is 0.824. The van der Waals surface area contributed by atoms with Gasteiger partial charge in [0, 0.05) is 11.1 Å². The van der Waals surface area contributed by atoms with E-state index in [1.54, 1.807) is 4.90 Å². The lowest BCUT2D eigenvalue weighted by atomic mass is 9.69. The highest BCUT2D eigenvalue weighted by molar-refractivity contribution is 6.08. The minimum absolute atomic E-state index is 0.162. The number of nitrogens with zero attached hydrogens (tertiary/aromatic N) is 1. The summed E-state index contributed by atoms with van der Waals surface area (Å²) in [5.41, 5.74) is 1.48. The third kappa shape index (κ3) is 2.69. The number of anilines is 1. The summed E-state index contributed by atoms with van der Waals surface area (Å²) in [4.78, 5) is 15.0. The molecular formula is C22H22F2N2O. The molecule has 2 aromatic rings. The predicted molar refractivity (Wildman–Crippen MR) is 102 cm³/mol. The van der Waals surface area contributed by atoms with E-state index in [2.05, 4.69) is 18.0 Å². The van der Waals surface area contributed by atoms with Crippen LogP contribution >= 0.6 is 0 Å². The zero-order chi connectivity index (χ0) is 19.0. The number of amides is 1. The van der Waals surface area contributed by atoms with Crippen molar-refractivity contribution in [2.75, 3.05) is 18.0 Å². The molecule has 1 N–H and O–H groups in total. The zero-order valence-electron chi connectivity index (χ0n) is 15.1. The van der Waals surface area contributed by atoms with E-state index in [1.165, 1.54) is 12.1 Å². The summed E-state index contributed by atoms with van der Waals surface area (Å²) >= 11 is 0. The van der Waals surface area contributed by atoms with Crippen molar-refractivity contribution in [2.24, 2.45) is 0 Å². The molecule has 5 heteroatoms. The molecule has 0 radical (unpaired) electrons. The van der Waals surface area contributed by atoms with Gasteiger partial charge in [0.15, 0.2) is 11.6 Å². The second-order valence-electron chi connectivity index (χ2n) is 7.24. The Bertz CT molecular complexity index is 890. The van der Waals surface area contributed by atoms with Crippen LogP contribution in [0, 0.1) is 11.6 Å². The van der Waals surface area contributed by atoms with Gasteiger partial charge in [-0.2, -0.15) is 0 Å². The highest BCUT2D eigenvalue weighted by atomic mass is 19.2. The first-order valence-corrected chi connectivity index (χ1v) is 9.29. The van der Waals surface area contributed by atoms with Crippen molar-refractivity contribution in [1.29, 1.82) is 0 Å². The maximum absolute atomic E-state index is 14.4. The predicted octanol–water partition coefficient (Wildman–Crippen LogP) is 4.19. The molecule has 4 rings (SSSR count). The first kappa shape index (κ1) is 17.9. The Hall–Kier alpha value is -2.53. The van der Waals surface area contributed by atoms with Crippen LogP contribution in [-0.4, -0.2) is 25.0 Å². The molecule has 1 fully saturated rings. The molecule has 0 aromatic heterocycles. The van der Waals surface area contributed by atoms with Crippen molar-refractivity contribution in [1.82, 2.24) is 5.32 Å². The Kier molecular flexibility index (Phi) is 4.56. The number of halogens is 2. The number of para-hydroxylation sites is 1. The van der Waals surface area contributed by atoms with Crippen LogP contribution in [0.1, 0.15) is 35.2 Å². The highest BCUT2D eigenvalue weighted by Crippen LogP contribution is 2.51. The van der Waals surface area contributed by atoms with Gasteiger partial charge in [0.05, 0.1) is 11.6 Å². The number of carbonyl (C=O) groups is 1. The average Bonchev–Trinajstić information content (AvgIpc) is 2.94. The van der Waals surface area contributed by atoms with Gasteiger partial charge in [0.25, 0.3) is 5.91 Å². The monoisotopic (exact) mass is 368 g/mol. The normalized spacial score (nSPS) is 20.5. The van der Waals surface area contributed by atoms with Crippen molar-refractivity contribution >= 4 is 11.6 Å². The van der Waals surface area contributed by atoms with Crippen molar-refractivity contribution < 1.29 is 13.6 Å². The van der Waals surface area contributed by atoms with E-state index in [0.717, 1.165) is 43.2 Å². The number of fused-ring (bicyclic) bond motifs is 2. The second kappa shape index (κ2) is 6.89. The topological polar surface area (TPSA) is 32.3 Å². The smallest absolute Gasteiger partial charge is 0.261 e. The molecule has 1 atom stereocenters. The molecule has 0 aliphatic carbocycles. The molecule has 2 heterocycles. The van der Waals surface area contributed by atoms with Crippen LogP contribution in [0.3, 0.4) is 0 Å². The van der Waals surface area contributed by atoms with Gasteiger partial charge >= 0.3 is 0 Å².